The molecule has 2 aromatic rings. The van der Waals surface area contributed by atoms with Gasteiger partial charge in [0.1, 0.15) is 18.5 Å². The third-order valence-electron chi connectivity index (χ3n) is 5.02. The second-order valence-electron chi connectivity index (χ2n) is 7.32. The minimum atomic E-state index is -0.558. The van der Waals surface area contributed by atoms with Gasteiger partial charge in [-0.1, -0.05) is 18.2 Å². The molecule has 0 amide bonds. The smallest absolute Gasteiger partial charge is 0.161 e. The van der Waals surface area contributed by atoms with Crippen molar-refractivity contribution in [3.05, 3.63) is 53.6 Å². The molecule has 1 saturated heterocycles. The molecule has 0 radical (unpaired) electrons. The van der Waals surface area contributed by atoms with Crippen molar-refractivity contribution in [2.24, 2.45) is 0 Å². The molecule has 30 heavy (non-hydrogen) atoms. The number of morpholine rings is 1. The van der Waals surface area contributed by atoms with Gasteiger partial charge in [-0.2, -0.15) is 0 Å². The summed E-state index contributed by atoms with van der Waals surface area (Å²) >= 11 is 0. The number of nitrogens with zero attached hydrogens (tertiary/aromatic N) is 1. The van der Waals surface area contributed by atoms with E-state index in [1.165, 1.54) is 0 Å². The van der Waals surface area contributed by atoms with Crippen molar-refractivity contribution >= 4 is 0 Å². The van der Waals surface area contributed by atoms with Crippen molar-refractivity contribution in [2.45, 2.75) is 19.2 Å². The Morgan fingerprint density at radius 3 is 2.50 bits per heavy atom. The maximum atomic E-state index is 10.3. The molecule has 3 rings (SSSR count). The highest BCUT2D eigenvalue weighted by Gasteiger charge is 2.16. The molecule has 1 fully saturated rings. The van der Waals surface area contributed by atoms with E-state index in [1.807, 2.05) is 36.4 Å². The number of benzene rings is 2. The Balaban J connectivity index is 1.47. The zero-order valence-electron chi connectivity index (χ0n) is 17.8. The fourth-order valence-corrected chi connectivity index (χ4v) is 3.40. The molecule has 1 aliphatic heterocycles. The van der Waals surface area contributed by atoms with Crippen molar-refractivity contribution in [2.75, 3.05) is 53.7 Å². The van der Waals surface area contributed by atoms with Crippen LogP contribution < -0.4 is 19.5 Å². The normalized spacial score (nSPS) is 15.6. The maximum Gasteiger partial charge on any atom is 0.161 e. The minimum Gasteiger partial charge on any atom is -0.497 e. The van der Waals surface area contributed by atoms with Gasteiger partial charge in [0.2, 0.25) is 0 Å². The van der Waals surface area contributed by atoms with Gasteiger partial charge in [0.05, 0.1) is 27.4 Å². The van der Waals surface area contributed by atoms with Gasteiger partial charge in [-0.05, 0) is 35.4 Å². The van der Waals surface area contributed by atoms with E-state index in [2.05, 4.69) is 16.3 Å². The van der Waals surface area contributed by atoms with Gasteiger partial charge in [-0.15, -0.1) is 0 Å². The molecule has 0 aliphatic carbocycles. The van der Waals surface area contributed by atoms with Gasteiger partial charge in [-0.25, -0.2) is 0 Å². The molecule has 1 atom stereocenters. The van der Waals surface area contributed by atoms with Crippen LogP contribution in [0.2, 0.25) is 0 Å². The number of β-amino-alcohol motifs (C(OH)–C–C–N with tert-alkyl or cyclic N) is 1. The second kappa shape index (κ2) is 11.8. The van der Waals surface area contributed by atoms with Crippen molar-refractivity contribution in [3.63, 3.8) is 0 Å². The summed E-state index contributed by atoms with van der Waals surface area (Å²) in [5, 5.41) is 13.7. The van der Waals surface area contributed by atoms with Crippen molar-refractivity contribution < 1.29 is 24.1 Å². The van der Waals surface area contributed by atoms with Crippen LogP contribution in [-0.4, -0.2) is 69.8 Å². The molecule has 2 N–H and O–H groups in total. The summed E-state index contributed by atoms with van der Waals surface area (Å²) in [5.41, 5.74) is 2.26. The van der Waals surface area contributed by atoms with Gasteiger partial charge < -0.3 is 29.4 Å². The Kier molecular flexibility index (Phi) is 8.77. The van der Waals surface area contributed by atoms with Gasteiger partial charge in [-0.3, -0.25) is 4.90 Å². The fourth-order valence-electron chi connectivity index (χ4n) is 3.40. The van der Waals surface area contributed by atoms with E-state index >= 15 is 0 Å². The lowest BCUT2D eigenvalue weighted by Crippen LogP contribution is -2.42. The fraction of sp³-hybridized carbons (Fsp3) is 0.478. The highest BCUT2D eigenvalue weighted by Crippen LogP contribution is 2.28. The molecule has 0 spiro atoms. The quantitative estimate of drug-likeness (QED) is 0.581. The average molecular weight is 417 g/mol. The Bertz CT molecular complexity index is 780. The van der Waals surface area contributed by atoms with Crippen LogP contribution in [-0.2, 0) is 17.8 Å². The van der Waals surface area contributed by atoms with Crippen LogP contribution in [0.4, 0.5) is 0 Å². The molecule has 0 saturated carbocycles. The number of ether oxygens (including phenoxy) is 4. The Hall–Kier alpha value is -2.32. The maximum absolute atomic E-state index is 10.3. The number of methoxy groups -OCH3 is 2. The Morgan fingerprint density at radius 2 is 1.77 bits per heavy atom. The van der Waals surface area contributed by atoms with Crippen LogP contribution in [0.5, 0.6) is 17.2 Å². The number of rotatable bonds is 11. The van der Waals surface area contributed by atoms with Crippen LogP contribution in [0.3, 0.4) is 0 Å². The van der Waals surface area contributed by atoms with E-state index in [-0.39, 0.29) is 6.61 Å². The first-order chi connectivity index (χ1) is 14.7. The molecular weight excluding hydrogens is 384 g/mol. The number of nitrogens with one attached hydrogen (secondary N) is 1. The van der Waals surface area contributed by atoms with Crippen LogP contribution in [0.15, 0.2) is 42.5 Å². The first-order valence-electron chi connectivity index (χ1n) is 10.3. The first kappa shape index (κ1) is 22.4. The monoisotopic (exact) mass is 416 g/mol. The third kappa shape index (κ3) is 6.88. The van der Waals surface area contributed by atoms with E-state index in [4.69, 9.17) is 18.9 Å². The summed E-state index contributed by atoms with van der Waals surface area (Å²) in [4.78, 5) is 2.19. The van der Waals surface area contributed by atoms with Gasteiger partial charge in [0, 0.05) is 32.7 Å². The lowest BCUT2D eigenvalue weighted by molar-refractivity contribution is 0.00445. The molecular formula is C23H32N2O5. The largest absolute Gasteiger partial charge is 0.497 e. The third-order valence-corrected chi connectivity index (χ3v) is 5.02. The van der Waals surface area contributed by atoms with Crippen LogP contribution in [0, 0.1) is 0 Å². The predicted molar refractivity (Wildman–Crippen MR) is 115 cm³/mol. The highest BCUT2D eigenvalue weighted by molar-refractivity contribution is 5.43. The van der Waals surface area contributed by atoms with Gasteiger partial charge >= 0.3 is 0 Å². The summed E-state index contributed by atoms with van der Waals surface area (Å²) in [5.74, 6) is 2.15. The molecule has 7 nitrogen and oxygen atoms in total. The SMILES string of the molecule is COc1cccc(CNCc2ccc(OC[C@H](O)CN3CCOCC3)c(OC)c2)c1. The van der Waals surface area contributed by atoms with E-state index in [1.54, 1.807) is 14.2 Å². The van der Waals surface area contributed by atoms with Crippen LogP contribution in [0.25, 0.3) is 0 Å². The number of hydrogen-bond donors (Lipinski definition) is 2. The summed E-state index contributed by atoms with van der Waals surface area (Å²) in [6.07, 6.45) is -0.558. The molecule has 1 aliphatic rings. The lowest BCUT2D eigenvalue weighted by Gasteiger charge is -2.28. The Labute approximate surface area is 178 Å². The first-order valence-corrected chi connectivity index (χ1v) is 10.3. The predicted octanol–water partition coefficient (Wildman–Crippen LogP) is 2.07. The van der Waals surface area contributed by atoms with E-state index in [0.29, 0.717) is 37.8 Å². The summed E-state index contributed by atoms with van der Waals surface area (Å²) in [7, 11) is 3.30. The molecule has 2 aromatic carbocycles. The highest BCUT2D eigenvalue weighted by atomic mass is 16.5. The topological polar surface area (TPSA) is 72.4 Å². The van der Waals surface area contributed by atoms with Gasteiger partial charge in [0.25, 0.3) is 0 Å². The summed E-state index contributed by atoms with van der Waals surface area (Å²) < 4.78 is 21.9. The number of aliphatic hydroxyl groups is 1. The molecule has 7 heteroatoms. The van der Waals surface area contributed by atoms with Crippen molar-refractivity contribution in [3.8, 4) is 17.2 Å². The zero-order valence-corrected chi connectivity index (χ0v) is 17.8. The minimum absolute atomic E-state index is 0.223. The number of hydrogen-bond acceptors (Lipinski definition) is 7. The van der Waals surface area contributed by atoms with Crippen LogP contribution in [0.1, 0.15) is 11.1 Å². The molecule has 0 unspecified atom stereocenters. The molecule has 1 heterocycles. The molecule has 164 valence electrons. The van der Waals surface area contributed by atoms with E-state index < -0.39 is 6.10 Å². The summed E-state index contributed by atoms with van der Waals surface area (Å²) in [6.45, 7) is 5.37. The average Bonchev–Trinajstić information content (AvgIpc) is 2.79. The molecule has 0 aromatic heterocycles. The Morgan fingerprint density at radius 1 is 1.00 bits per heavy atom. The van der Waals surface area contributed by atoms with Crippen molar-refractivity contribution in [1.29, 1.82) is 0 Å². The molecule has 0 bridgehead atoms. The lowest BCUT2D eigenvalue weighted by atomic mass is 10.1. The van der Waals surface area contributed by atoms with E-state index in [0.717, 1.165) is 36.5 Å². The standard InChI is InChI=1S/C23H32N2O5/c1-27-21-5-3-4-18(12-21)14-24-15-19-6-7-22(23(13-19)28-2)30-17-20(26)16-25-8-10-29-11-9-25/h3-7,12-13,20,24,26H,8-11,14-17H2,1-2H3/t20-/m1/s1. The zero-order chi connectivity index (χ0) is 21.2. The van der Waals surface area contributed by atoms with E-state index in [9.17, 15) is 5.11 Å². The number of aliphatic hydroxyl groups excluding tert-OH is 1. The summed E-state index contributed by atoms with van der Waals surface area (Å²) in [6, 6.07) is 13.9. The van der Waals surface area contributed by atoms with Crippen molar-refractivity contribution in [1.82, 2.24) is 10.2 Å². The van der Waals surface area contributed by atoms with Gasteiger partial charge in [0.15, 0.2) is 11.5 Å². The van der Waals surface area contributed by atoms with Crippen LogP contribution >= 0.6 is 0 Å². The second-order valence-corrected chi connectivity index (χ2v) is 7.32.